The molecule has 2 atom stereocenters. The Labute approximate surface area is 145 Å². The molecule has 0 saturated carbocycles. The molecule has 1 N–H and O–H groups in total. The van der Waals surface area contributed by atoms with Gasteiger partial charge in [-0.05, 0) is 49.4 Å². The van der Waals surface area contributed by atoms with Gasteiger partial charge in [-0.3, -0.25) is 14.8 Å². The molecule has 1 amide bonds. The van der Waals surface area contributed by atoms with E-state index in [1.54, 1.807) is 12.4 Å². The zero-order valence-corrected chi connectivity index (χ0v) is 14.2. The number of aromatic nitrogens is 1. The van der Waals surface area contributed by atoms with E-state index >= 15 is 0 Å². The molecule has 2 aliphatic heterocycles. The Kier molecular flexibility index (Phi) is 4.11. The summed E-state index contributed by atoms with van der Waals surface area (Å²) in [5, 5.41) is 1.08. The predicted octanol–water partition coefficient (Wildman–Crippen LogP) is 2.93. The number of hydrogen-bond acceptors (Lipinski definition) is 3. The van der Waals surface area contributed by atoms with E-state index in [1.165, 1.54) is 17.7 Å². The Morgan fingerprint density at radius 2 is 2.00 bits per heavy atom. The lowest BCUT2D eigenvalue weighted by Gasteiger charge is -2.34. The van der Waals surface area contributed by atoms with Crippen molar-refractivity contribution in [2.24, 2.45) is 9.98 Å². The van der Waals surface area contributed by atoms with Crippen LogP contribution in [-0.2, 0) is 4.79 Å². The Bertz CT molecular complexity index is 848. The van der Waals surface area contributed by atoms with Crippen molar-refractivity contribution < 1.29 is 9.18 Å². The van der Waals surface area contributed by atoms with E-state index in [-0.39, 0.29) is 17.8 Å². The van der Waals surface area contributed by atoms with Crippen LogP contribution >= 0.6 is 0 Å². The fraction of sp³-hybridized carbons (Fsp3) is 0.421. The third kappa shape index (κ3) is 2.97. The van der Waals surface area contributed by atoms with Crippen LogP contribution in [0.3, 0.4) is 0 Å². The number of amides is 1. The number of aliphatic imine (C=N–C) groups is 2. The lowest BCUT2D eigenvalue weighted by molar-refractivity contribution is -0.133. The van der Waals surface area contributed by atoms with Crippen molar-refractivity contribution >= 4 is 29.2 Å². The fourth-order valence-electron chi connectivity index (χ4n) is 3.84. The molecule has 0 bridgehead atoms. The Morgan fingerprint density at radius 3 is 2.76 bits per heavy atom. The van der Waals surface area contributed by atoms with E-state index in [0.717, 1.165) is 36.8 Å². The van der Waals surface area contributed by atoms with E-state index in [9.17, 15) is 9.18 Å². The Hall–Kier alpha value is -2.50. The number of nitrogens with one attached hydrogen (secondary N) is 1. The average molecular weight is 340 g/mol. The maximum absolute atomic E-state index is 13.4. The van der Waals surface area contributed by atoms with Crippen molar-refractivity contribution in [1.29, 1.82) is 0 Å². The van der Waals surface area contributed by atoms with Crippen molar-refractivity contribution in [2.45, 2.75) is 37.8 Å². The summed E-state index contributed by atoms with van der Waals surface area (Å²) in [7, 11) is 0. The molecular weight excluding hydrogens is 319 g/mol. The largest absolute Gasteiger partial charge is 0.361 e. The molecule has 5 nitrogen and oxygen atoms in total. The number of benzene rings is 1. The highest BCUT2D eigenvalue weighted by Crippen LogP contribution is 2.33. The number of carbonyl (C=O) groups excluding carboxylic acids is 1. The highest BCUT2D eigenvalue weighted by molar-refractivity contribution is 6.17. The summed E-state index contributed by atoms with van der Waals surface area (Å²) in [6.45, 7) is 3.37. The molecule has 0 spiro atoms. The molecule has 1 aromatic carbocycles. The number of nitrogens with zero attached hydrogens (tertiary/aromatic N) is 3. The van der Waals surface area contributed by atoms with E-state index in [0.29, 0.717) is 5.92 Å². The lowest BCUT2D eigenvalue weighted by Crippen LogP contribution is -2.46. The first-order chi connectivity index (χ1) is 12.1. The number of halogens is 1. The molecule has 25 heavy (non-hydrogen) atoms. The van der Waals surface area contributed by atoms with E-state index in [4.69, 9.17) is 0 Å². The maximum Gasteiger partial charge on any atom is 0.249 e. The minimum Gasteiger partial charge on any atom is -0.361 e. The van der Waals surface area contributed by atoms with Crippen LogP contribution in [0.15, 0.2) is 34.4 Å². The monoisotopic (exact) mass is 340 g/mol. The second kappa shape index (κ2) is 6.43. The zero-order chi connectivity index (χ0) is 17.4. The molecule has 2 aromatic rings. The minimum absolute atomic E-state index is 0.0695. The molecule has 3 heterocycles. The van der Waals surface area contributed by atoms with Gasteiger partial charge < -0.3 is 9.88 Å². The number of piperidine rings is 1. The minimum atomic E-state index is -0.391. The van der Waals surface area contributed by atoms with Gasteiger partial charge in [-0.15, -0.1) is 0 Å². The second-order valence-corrected chi connectivity index (χ2v) is 6.82. The number of H-pyrrole nitrogens is 1. The first-order valence-electron chi connectivity index (χ1n) is 8.74. The highest BCUT2D eigenvalue weighted by Gasteiger charge is 2.32. The van der Waals surface area contributed by atoms with Gasteiger partial charge in [0.15, 0.2) is 6.04 Å². The molecule has 130 valence electrons. The van der Waals surface area contributed by atoms with Gasteiger partial charge in [0.05, 0.1) is 6.04 Å². The standard InChI is InChI=1S/C19H21FN4O/c1-12-18(22-7-6-21-12)19(25)24-8-4-13(5-9-24)16-11-23-17-10-14(20)2-3-15(16)17/h2-3,6-7,10-13,18,23H,4-5,8-9H2,1H3. The van der Waals surface area contributed by atoms with Crippen LogP contribution in [-0.4, -0.2) is 53.4 Å². The molecule has 4 rings (SSSR count). The van der Waals surface area contributed by atoms with Gasteiger partial charge in [-0.25, -0.2) is 4.39 Å². The molecule has 1 saturated heterocycles. The lowest BCUT2D eigenvalue weighted by atomic mass is 9.89. The van der Waals surface area contributed by atoms with Crippen LogP contribution in [0.25, 0.3) is 10.9 Å². The van der Waals surface area contributed by atoms with Crippen LogP contribution in [0.4, 0.5) is 4.39 Å². The summed E-state index contributed by atoms with van der Waals surface area (Å²) in [4.78, 5) is 26.3. The van der Waals surface area contributed by atoms with Gasteiger partial charge in [0.25, 0.3) is 0 Å². The summed E-state index contributed by atoms with van der Waals surface area (Å²) in [5.41, 5.74) is 2.05. The third-order valence-electron chi connectivity index (χ3n) is 5.27. The van der Waals surface area contributed by atoms with Crippen molar-refractivity contribution in [1.82, 2.24) is 9.88 Å². The molecule has 1 aromatic heterocycles. The quantitative estimate of drug-likeness (QED) is 0.898. The van der Waals surface area contributed by atoms with Crippen LogP contribution in [0, 0.1) is 5.82 Å². The van der Waals surface area contributed by atoms with Crippen LogP contribution in [0.5, 0.6) is 0 Å². The summed E-state index contributed by atoms with van der Waals surface area (Å²) in [5.74, 6) is 0.222. The molecule has 2 unspecified atom stereocenters. The van der Waals surface area contributed by atoms with Gasteiger partial charge in [0.1, 0.15) is 5.82 Å². The molecule has 1 fully saturated rings. The van der Waals surface area contributed by atoms with Crippen LogP contribution in [0.1, 0.15) is 31.2 Å². The maximum atomic E-state index is 13.4. The first-order valence-corrected chi connectivity index (χ1v) is 8.74. The molecular formula is C19H21FN4O. The zero-order valence-electron chi connectivity index (χ0n) is 14.2. The van der Waals surface area contributed by atoms with E-state index in [2.05, 4.69) is 15.0 Å². The molecule has 0 radical (unpaired) electrons. The van der Waals surface area contributed by atoms with Gasteiger partial charge >= 0.3 is 0 Å². The van der Waals surface area contributed by atoms with Crippen molar-refractivity contribution in [3.8, 4) is 0 Å². The highest BCUT2D eigenvalue weighted by atomic mass is 19.1. The fourth-order valence-corrected chi connectivity index (χ4v) is 3.84. The number of likely N-dealkylation sites (tertiary alicyclic amines) is 1. The van der Waals surface area contributed by atoms with Gasteiger partial charge in [-0.2, -0.15) is 0 Å². The Balaban J connectivity index is 1.45. The summed E-state index contributed by atoms with van der Waals surface area (Å²) in [6.07, 6.45) is 7.06. The summed E-state index contributed by atoms with van der Waals surface area (Å²) < 4.78 is 13.4. The Morgan fingerprint density at radius 1 is 1.24 bits per heavy atom. The third-order valence-corrected chi connectivity index (χ3v) is 5.27. The van der Waals surface area contributed by atoms with Crippen molar-refractivity contribution in [3.05, 3.63) is 35.8 Å². The van der Waals surface area contributed by atoms with Crippen LogP contribution in [0.2, 0.25) is 0 Å². The number of carbonyl (C=O) groups is 1. The summed E-state index contributed by atoms with van der Waals surface area (Å²) in [6, 6.07) is 4.38. The first kappa shape index (κ1) is 16.0. The van der Waals surface area contributed by atoms with Crippen LogP contribution < -0.4 is 0 Å². The smallest absolute Gasteiger partial charge is 0.249 e. The predicted molar refractivity (Wildman–Crippen MR) is 97.0 cm³/mol. The molecule has 2 aliphatic rings. The number of hydrogen-bond donors (Lipinski definition) is 1. The van der Waals surface area contributed by atoms with Gasteiger partial charge in [0.2, 0.25) is 5.91 Å². The summed E-state index contributed by atoms with van der Waals surface area (Å²) >= 11 is 0. The number of aromatic amines is 1. The second-order valence-electron chi connectivity index (χ2n) is 6.82. The van der Waals surface area contributed by atoms with E-state index in [1.807, 2.05) is 24.1 Å². The number of fused-ring (bicyclic) bond motifs is 1. The van der Waals surface area contributed by atoms with E-state index < -0.39 is 6.04 Å². The number of rotatable bonds is 2. The van der Waals surface area contributed by atoms with Crippen molar-refractivity contribution in [3.63, 3.8) is 0 Å². The normalized spacial score (nSPS) is 24.2. The molecule has 6 heteroatoms. The molecule has 0 aliphatic carbocycles. The van der Waals surface area contributed by atoms with Crippen molar-refractivity contribution in [2.75, 3.05) is 13.1 Å². The van der Waals surface area contributed by atoms with Gasteiger partial charge in [0, 0.05) is 42.6 Å². The topological polar surface area (TPSA) is 60.8 Å². The SMILES string of the molecule is CC1N=CC=NC1C(=O)N1CCC(c2c[nH]c3cc(F)ccc23)CC1. The average Bonchev–Trinajstić information content (AvgIpc) is 3.04. The van der Waals surface area contributed by atoms with Gasteiger partial charge in [-0.1, -0.05) is 0 Å².